The van der Waals surface area contributed by atoms with E-state index in [9.17, 15) is 14.7 Å². The van der Waals surface area contributed by atoms with Gasteiger partial charge in [-0.3, -0.25) is 9.97 Å². The monoisotopic (exact) mass is 710 g/mol. The van der Waals surface area contributed by atoms with Crippen molar-refractivity contribution in [2.24, 2.45) is 0 Å². The van der Waals surface area contributed by atoms with E-state index in [0.717, 1.165) is 25.6 Å². The molecule has 0 spiro atoms. The van der Waals surface area contributed by atoms with E-state index in [2.05, 4.69) is 52.5 Å². The lowest BCUT2D eigenvalue weighted by Gasteiger charge is -2.28. The van der Waals surface area contributed by atoms with Crippen LogP contribution in [0.1, 0.15) is 28.7 Å². The van der Waals surface area contributed by atoms with Gasteiger partial charge in [0.1, 0.15) is 13.2 Å². The fourth-order valence-electron chi connectivity index (χ4n) is 4.47. The molecule has 224 valence electrons. The van der Waals surface area contributed by atoms with Gasteiger partial charge in [-0.1, -0.05) is 60.7 Å². The number of carbonyl (C=O) groups is 2. The number of nitrogens with one attached hydrogen (secondary N) is 2. The summed E-state index contributed by atoms with van der Waals surface area (Å²) in [7, 11) is 0. The molecule has 11 heteroatoms. The van der Waals surface area contributed by atoms with E-state index < -0.39 is 30.4 Å². The molecular formula is C32H32Br2N4O5. The first-order chi connectivity index (χ1) is 20.8. The van der Waals surface area contributed by atoms with Gasteiger partial charge in [-0.15, -0.1) is 0 Å². The third-order valence-corrected chi connectivity index (χ3v) is 7.37. The zero-order valence-electron chi connectivity index (χ0n) is 23.2. The van der Waals surface area contributed by atoms with E-state index in [1.54, 1.807) is 24.8 Å². The number of hydrogen-bond acceptors (Lipinski definition) is 7. The Morgan fingerprint density at radius 1 is 0.698 bits per heavy atom. The zero-order valence-corrected chi connectivity index (χ0v) is 26.4. The average Bonchev–Trinajstić information content (AvgIpc) is 3.00. The number of benzene rings is 2. The molecule has 2 heterocycles. The molecule has 43 heavy (non-hydrogen) atoms. The molecule has 0 unspecified atom stereocenters. The molecule has 2 aromatic carbocycles. The molecule has 0 aliphatic carbocycles. The van der Waals surface area contributed by atoms with Crippen LogP contribution < -0.4 is 10.6 Å². The van der Waals surface area contributed by atoms with E-state index in [-0.39, 0.29) is 19.6 Å². The van der Waals surface area contributed by atoms with Gasteiger partial charge in [-0.25, -0.2) is 9.59 Å². The number of ether oxygens (including phenoxy) is 2. The maximum absolute atomic E-state index is 12.8. The van der Waals surface area contributed by atoms with Crippen LogP contribution in [0.25, 0.3) is 0 Å². The molecule has 0 saturated heterocycles. The quantitative estimate of drug-likeness (QED) is 0.153. The lowest BCUT2D eigenvalue weighted by Crippen LogP contribution is -2.48. The van der Waals surface area contributed by atoms with E-state index in [0.29, 0.717) is 18.4 Å². The zero-order chi connectivity index (χ0) is 30.4. The van der Waals surface area contributed by atoms with Gasteiger partial charge in [-0.2, -0.15) is 0 Å². The minimum absolute atomic E-state index is 0.0178. The maximum atomic E-state index is 12.8. The summed E-state index contributed by atoms with van der Waals surface area (Å²) < 4.78 is 12.4. The number of carbonyl (C=O) groups excluding carboxylic acids is 2. The van der Waals surface area contributed by atoms with Gasteiger partial charge in [0.2, 0.25) is 0 Å². The van der Waals surface area contributed by atoms with E-state index in [1.165, 1.54) is 0 Å². The Morgan fingerprint density at radius 2 is 1.19 bits per heavy atom. The fourth-order valence-corrected chi connectivity index (χ4v) is 5.29. The van der Waals surface area contributed by atoms with Crippen LogP contribution >= 0.6 is 31.9 Å². The van der Waals surface area contributed by atoms with Gasteiger partial charge >= 0.3 is 12.2 Å². The van der Waals surface area contributed by atoms with Crippen LogP contribution in [-0.2, 0) is 35.5 Å². The topological polar surface area (TPSA) is 123 Å². The summed E-state index contributed by atoms with van der Waals surface area (Å²) >= 11 is 6.72. The van der Waals surface area contributed by atoms with Gasteiger partial charge in [0.25, 0.3) is 0 Å². The summed E-state index contributed by atoms with van der Waals surface area (Å²) in [4.78, 5) is 33.8. The summed E-state index contributed by atoms with van der Waals surface area (Å²) in [5, 5.41) is 17.2. The highest BCUT2D eigenvalue weighted by atomic mass is 79.9. The summed E-state index contributed by atoms with van der Waals surface area (Å²) in [5.74, 6) is 0. The lowest BCUT2D eigenvalue weighted by molar-refractivity contribution is 0.0860. The number of alkyl carbamates (subject to hydrolysis) is 2. The third kappa shape index (κ3) is 11.4. The number of nitrogens with zero attached hydrogens (tertiary/aromatic N) is 2. The first kappa shape index (κ1) is 32.1. The Bertz CT molecular complexity index is 1460. The van der Waals surface area contributed by atoms with Crippen LogP contribution in [0.3, 0.4) is 0 Å². The number of rotatable bonds is 13. The summed E-state index contributed by atoms with van der Waals surface area (Å²) in [6, 6.07) is 21.6. The van der Waals surface area contributed by atoms with Crippen molar-refractivity contribution in [3.05, 3.63) is 129 Å². The highest BCUT2D eigenvalue weighted by molar-refractivity contribution is 9.10. The normalized spacial score (nSPS) is 12.9. The summed E-state index contributed by atoms with van der Waals surface area (Å²) in [5.41, 5.74) is 3.35. The predicted octanol–water partition coefficient (Wildman–Crippen LogP) is 6.13. The van der Waals surface area contributed by atoms with E-state index in [1.807, 2.05) is 72.8 Å². The SMILES string of the molecule is O=C(N[C@@H](Cc1ccccc1)C[C@H](O)[C@H](Cc1ccccc1)NC(=O)OCc1cncc(Br)c1)OCc1cncc(Br)c1. The summed E-state index contributed by atoms with van der Waals surface area (Å²) in [6.45, 7) is 0.0559. The van der Waals surface area contributed by atoms with Gasteiger partial charge in [0.05, 0.1) is 12.1 Å². The molecule has 2 aromatic heterocycles. The molecule has 4 aromatic rings. The highest BCUT2D eigenvalue weighted by Gasteiger charge is 2.27. The number of aliphatic hydroxyl groups excluding tert-OH is 1. The van der Waals surface area contributed by atoms with Gasteiger partial charge < -0.3 is 25.2 Å². The molecule has 2 amide bonds. The van der Waals surface area contributed by atoms with Crippen molar-refractivity contribution in [3.8, 4) is 0 Å². The second kappa shape index (κ2) is 16.7. The second-order valence-corrected chi connectivity index (χ2v) is 11.8. The van der Waals surface area contributed by atoms with E-state index >= 15 is 0 Å². The predicted molar refractivity (Wildman–Crippen MR) is 169 cm³/mol. The Kier molecular flexibility index (Phi) is 12.5. The maximum Gasteiger partial charge on any atom is 0.407 e. The van der Waals surface area contributed by atoms with Gasteiger partial charge in [0, 0.05) is 50.9 Å². The third-order valence-electron chi connectivity index (χ3n) is 6.50. The van der Waals surface area contributed by atoms with Crippen LogP contribution in [-0.4, -0.2) is 45.4 Å². The number of aromatic nitrogens is 2. The van der Waals surface area contributed by atoms with Crippen LogP contribution in [0.5, 0.6) is 0 Å². The van der Waals surface area contributed by atoms with Crippen molar-refractivity contribution in [2.75, 3.05) is 0 Å². The number of amides is 2. The molecule has 9 nitrogen and oxygen atoms in total. The first-order valence-electron chi connectivity index (χ1n) is 13.7. The molecule has 0 radical (unpaired) electrons. The van der Waals surface area contributed by atoms with Crippen molar-refractivity contribution < 1.29 is 24.2 Å². The van der Waals surface area contributed by atoms with Crippen molar-refractivity contribution in [2.45, 2.75) is 50.7 Å². The van der Waals surface area contributed by atoms with E-state index in [4.69, 9.17) is 9.47 Å². The van der Waals surface area contributed by atoms with Crippen molar-refractivity contribution >= 4 is 44.0 Å². The molecule has 3 N–H and O–H groups in total. The molecule has 3 atom stereocenters. The highest BCUT2D eigenvalue weighted by Crippen LogP contribution is 2.16. The molecular weight excluding hydrogens is 680 g/mol. The Morgan fingerprint density at radius 3 is 1.70 bits per heavy atom. The average molecular weight is 712 g/mol. The molecule has 0 aliphatic heterocycles. The smallest absolute Gasteiger partial charge is 0.407 e. The van der Waals surface area contributed by atoms with Gasteiger partial charge in [-0.05, 0) is 74.4 Å². The van der Waals surface area contributed by atoms with Crippen LogP contribution in [0, 0.1) is 0 Å². The molecule has 0 aliphatic rings. The first-order valence-corrected chi connectivity index (χ1v) is 15.2. The molecule has 0 fully saturated rings. The second-order valence-electron chi connectivity index (χ2n) is 9.95. The van der Waals surface area contributed by atoms with Crippen LogP contribution in [0.15, 0.2) is 107 Å². The number of hydrogen-bond donors (Lipinski definition) is 3. The molecule has 0 bridgehead atoms. The van der Waals surface area contributed by atoms with Crippen molar-refractivity contribution in [1.82, 2.24) is 20.6 Å². The largest absolute Gasteiger partial charge is 0.445 e. The Labute approximate surface area is 267 Å². The number of halogens is 2. The Balaban J connectivity index is 1.43. The van der Waals surface area contributed by atoms with Crippen molar-refractivity contribution in [3.63, 3.8) is 0 Å². The Hall–Kier alpha value is -3.80. The molecule has 0 saturated carbocycles. The fraction of sp³-hybridized carbons (Fsp3) is 0.250. The number of pyridine rings is 2. The van der Waals surface area contributed by atoms with Crippen molar-refractivity contribution in [1.29, 1.82) is 0 Å². The lowest BCUT2D eigenvalue weighted by atomic mass is 9.94. The molecule has 4 rings (SSSR count). The minimum Gasteiger partial charge on any atom is -0.445 e. The van der Waals surface area contributed by atoms with Crippen LogP contribution in [0.2, 0.25) is 0 Å². The number of aliphatic hydroxyl groups is 1. The van der Waals surface area contributed by atoms with Crippen LogP contribution in [0.4, 0.5) is 9.59 Å². The summed E-state index contributed by atoms with van der Waals surface area (Å²) in [6.07, 6.45) is 5.15. The van der Waals surface area contributed by atoms with Gasteiger partial charge in [0.15, 0.2) is 0 Å². The standard InChI is InChI=1S/C32H32Br2N4O5/c33-26-11-24(16-35-18-26)20-42-31(40)37-28(13-22-7-3-1-4-8-22)15-30(39)29(14-23-9-5-2-6-10-23)38-32(41)43-21-25-12-27(34)19-36-17-25/h1-12,16-19,28-30,39H,13-15,20-21H2,(H,37,40)(H,38,41)/t28-,29-,30-/m0/s1. The minimum atomic E-state index is -1.02.